The van der Waals surface area contributed by atoms with Crippen molar-refractivity contribution in [1.29, 1.82) is 0 Å². The highest BCUT2D eigenvalue weighted by molar-refractivity contribution is 5.97. The molecule has 0 unspecified atom stereocenters. The molecular weight excluding hydrogens is 369 g/mol. The number of alkyl halides is 3. The Morgan fingerprint density at radius 1 is 1.04 bits per heavy atom. The van der Waals surface area contributed by atoms with E-state index in [1.54, 1.807) is 32.0 Å². The molecule has 0 aromatic heterocycles. The summed E-state index contributed by atoms with van der Waals surface area (Å²) in [5.41, 5.74) is 0.919. The zero-order valence-corrected chi connectivity index (χ0v) is 15.9. The monoisotopic (exact) mass is 392 g/mol. The first kappa shape index (κ1) is 21.5. The van der Waals surface area contributed by atoms with Crippen molar-refractivity contribution in [2.45, 2.75) is 39.5 Å². The van der Waals surface area contributed by atoms with E-state index >= 15 is 0 Å². The van der Waals surface area contributed by atoms with Gasteiger partial charge in [0.2, 0.25) is 5.91 Å². The molecule has 0 bridgehead atoms. The molecule has 0 aliphatic heterocycles. The van der Waals surface area contributed by atoms with Crippen LogP contribution < -0.4 is 10.6 Å². The van der Waals surface area contributed by atoms with E-state index in [1.165, 1.54) is 12.1 Å². The molecule has 0 aliphatic rings. The fourth-order valence-electron chi connectivity index (χ4n) is 2.70. The number of hydrogen-bond acceptors (Lipinski definition) is 2. The van der Waals surface area contributed by atoms with E-state index in [-0.39, 0.29) is 18.4 Å². The van der Waals surface area contributed by atoms with Crippen molar-refractivity contribution in [2.75, 3.05) is 0 Å². The Bertz CT molecular complexity index is 848. The third kappa shape index (κ3) is 5.84. The van der Waals surface area contributed by atoms with Crippen LogP contribution in [-0.4, -0.2) is 17.9 Å². The summed E-state index contributed by atoms with van der Waals surface area (Å²) in [5, 5.41) is 5.31. The number of amides is 2. The fraction of sp³-hybridized carbons (Fsp3) is 0.333. The van der Waals surface area contributed by atoms with E-state index in [1.807, 2.05) is 13.0 Å². The predicted molar refractivity (Wildman–Crippen MR) is 101 cm³/mol. The fourth-order valence-corrected chi connectivity index (χ4v) is 2.70. The van der Waals surface area contributed by atoms with Crippen LogP contribution in [-0.2, 0) is 17.5 Å². The third-order valence-electron chi connectivity index (χ3n) is 4.24. The molecule has 2 aromatic rings. The molecule has 7 heteroatoms. The van der Waals surface area contributed by atoms with Crippen molar-refractivity contribution in [3.05, 3.63) is 70.8 Å². The summed E-state index contributed by atoms with van der Waals surface area (Å²) in [5.74, 6) is -1.03. The quantitative estimate of drug-likeness (QED) is 0.778. The minimum Gasteiger partial charge on any atom is -0.350 e. The normalized spacial score (nSPS) is 12.5. The van der Waals surface area contributed by atoms with Gasteiger partial charge in [0, 0.05) is 12.1 Å². The van der Waals surface area contributed by atoms with Gasteiger partial charge in [-0.3, -0.25) is 9.59 Å². The second kappa shape index (κ2) is 8.91. The van der Waals surface area contributed by atoms with Crippen LogP contribution in [0, 0.1) is 12.8 Å². The summed E-state index contributed by atoms with van der Waals surface area (Å²) in [6.07, 6.45) is -4.44. The zero-order chi connectivity index (χ0) is 20.9. The topological polar surface area (TPSA) is 58.2 Å². The molecule has 2 N–H and O–H groups in total. The van der Waals surface area contributed by atoms with Crippen LogP contribution in [0.4, 0.5) is 13.2 Å². The number of aryl methyl sites for hydroxylation is 1. The molecule has 0 saturated carbocycles. The molecule has 0 fully saturated rings. The summed E-state index contributed by atoms with van der Waals surface area (Å²) in [6.45, 7) is 5.36. The van der Waals surface area contributed by atoms with Gasteiger partial charge >= 0.3 is 6.18 Å². The van der Waals surface area contributed by atoms with Crippen LogP contribution >= 0.6 is 0 Å². The van der Waals surface area contributed by atoms with Crippen LogP contribution in [0.15, 0.2) is 48.5 Å². The minimum atomic E-state index is -4.44. The van der Waals surface area contributed by atoms with Crippen molar-refractivity contribution >= 4 is 11.8 Å². The van der Waals surface area contributed by atoms with Crippen molar-refractivity contribution in [3.8, 4) is 0 Å². The third-order valence-corrected chi connectivity index (χ3v) is 4.24. The molecule has 1 atom stereocenters. The maximum atomic E-state index is 12.8. The first-order valence-corrected chi connectivity index (χ1v) is 8.89. The Morgan fingerprint density at radius 2 is 1.71 bits per heavy atom. The first-order chi connectivity index (χ1) is 13.1. The molecule has 0 saturated heterocycles. The van der Waals surface area contributed by atoms with E-state index in [0.717, 1.165) is 17.7 Å². The molecule has 0 heterocycles. The van der Waals surface area contributed by atoms with Gasteiger partial charge in [-0.1, -0.05) is 43.7 Å². The highest BCUT2D eigenvalue weighted by atomic mass is 19.4. The van der Waals surface area contributed by atoms with Crippen molar-refractivity contribution in [1.82, 2.24) is 10.6 Å². The van der Waals surface area contributed by atoms with Gasteiger partial charge in [0.25, 0.3) is 5.91 Å². The van der Waals surface area contributed by atoms with Crippen molar-refractivity contribution < 1.29 is 22.8 Å². The number of carbonyl (C=O) groups excluding carboxylic acids is 2. The lowest BCUT2D eigenvalue weighted by molar-refractivity contribution is -0.137. The molecule has 2 rings (SSSR count). The van der Waals surface area contributed by atoms with Crippen LogP contribution in [0.5, 0.6) is 0 Å². The van der Waals surface area contributed by atoms with Crippen molar-refractivity contribution in [2.24, 2.45) is 5.92 Å². The molecular formula is C21H23F3N2O2. The average molecular weight is 392 g/mol. The number of nitrogens with one attached hydrogen (secondary N) is 2. The Hall–Kier alpha value is -2.83. The van der Waals surface area contributed by atoms with Gasteiger partial charge in [-0.05, 0) is 42.7 Å². The Labute approximate surface area is 162 Å². The zero-order valence-electron chi connectivity index (χ0n) is 15.9. The number of halogens is 3. The smallest absolute Gasteiger partial charge is 0.350 e. The van der Waals surface area contributed by atoms with E-state index in [9.17, 15) is 22.8 Å². The van der Waals surface area contributed by atoms with Gasteiger partial charge in [0.15, 0.2) is 0 Å². The molecule has 4 nitrogen and oxygen atoms in total. The molecule has 0 radical (unpaired) electrons. The van der Waals surface area contributed by atoms with Crippen LogP contribution in [0.2, 0.25) is 0 Å². The van der Waals surface area contributed by atoms with Gasteiger partial charge in [-0.25, -0.2) is 0 Å². The Kier molecular flexibility index (Phi) is 6.83. The summed E-state index contributed by atoms with van der Waals surface area (Å²) in [4.78, 5) is 25.0. The van der Waals surface area contributed by atoms with Crippen LogP contribution in [0.3, 0.4) is 0 Å². The predicted octanol–water partition coefficient (Wildman–Crippen LogP) is 4.08. The Balaban J connectivity index is 2.04. The highest BCUT2D eigenvalue weighted by Gasteiger charge is 2.30. The molecule has 0 spiro atoms. The van der Waals surface area contributed by atoms with Gasteiger partial charge in [-0.15, -0.1) is 0 Å². The summed E-state index contributed by atoms with van der Waals surface area (Å²) < 4.78 is 38.4. The van der Waals surface area contributed by atoms with Crippen LogP contribution in [0.1, 0.15) is 40.9 Å². The highest BCUT2D eigenvalue weighted by Crippen LogP contribution is 2.29. The molecule has 2 aromatic carbocycles. The molecule has 150 valence electrons. The lowest BCUT2D eigenvalue weighted by atomic mass is 10.0. The van der Waals surface area contributed by atoms with Crippen molar-refractivity contribution in [3.63, 3.8) is 0 Å². The van der Waals surface area contributed by atoms with E-state index < -0.39 is 23.7 Å². The standard InChI is InChI=1S/C21H23F3N2O2/c1-13(2)18(26-19(27)16-8-4-6-14(3)10-16)20(28)25-12-15-7-5-9-17(11-15)21(22,23)24/h4-11,13,18H,12H2,1-3H3,(H,25,28)(H,26,27)/t18-/m1/s1. The lowest BCUT2D eigenvalue weighted by Crippen LogP contribution is -2.49. The minimum absolute atomic E-state index is 0.0632. The van der Waals surface area contributed by atoms with Crippen LogP contribution in [0.25, 0.3) is 0 Å². The van der Waals surface area contributed by atoms with E-state index in [4.69, 9.17) is 0 Å². The lowest BCUT2D eigenvalue weighted by Gasteiger charge is -2.22. The largest absolute Gasteiger partial charge is 0.416 e. The van der Waals surface area contributed by atoms with Gasteiger partial charge < -0.3 is 10.6 Å². The molecule has 0 aliphatic carbocycles. The maximum absolute atomic E-state index is 12.8. The van der Waals surface area contributed by atoms with Gasteiger partial charge in [-0.2, -0.15) is 13.2 Å². The number of hydrogen-bond donors (Lipinski definition) is 2. The molecule has 28 heavy (non-hydrogen) atoms. The van der Waals surface area contributed by atoms with E-state index in [2.05, 4.69) is 10.6 Å². The molecule has 2 amide bonds. The van der Waals surface area contributed by atoms with E-state index in [0.29, 0.717) is 11.1 Å². The maximum Gasteiger partial charge on any atom is 0.416 e. The second-order valence-electron chi connectivity index (χ2n) is 6.98. The number of carbonyl (C=O) groups is 2. The Morgan fingerprint density at radius 3 is 2.32 bits per heavy atom. The number of rotatable bonds is 6. The number of benzene rings is 2. The summed E-state index contributed by atoms with van der Waals surface area (Å²) >= 11 is 0. The average Bonchev–Trinajstić information content (AvgIpc) is 2.63. The first-order valence-electron chi connectivity index (χ1n) is 8.89. The van der Waals surface area contributed by atoms with Gasteiger partial charge in [0.05, 0.1) is 5.56 Å². The SMILES string of the molecule is Cc1cccc(C(=O)N[C@@H](C(=O)NCc2cccc(C(F)(F)F)c2)C(C)C)c1. The summed E-state index contributed by atoms with van der Waals surface area (Å²) in [6, 6.07) is 10.9. The summed E-state index contributed by atoms with van der Waals surface area (Å²) in [7, 11) is 0. The van der Waals surface area contributed by atoms with Gasteiger partial charge in [0.1, 0.15) is 6.04 Å². The second-order valence-corrected chi connectivity index (χ2v) is 6.98.